The highest BCUT2D eigenvalue weighted by Gasteiger charge is 2.28. The molecule has 25 heavy (non-hydrogen) atoms. The second-order valence-electron chi connectivity index (χ2n) is 6.51. The van der Waals surface area contributed by atoms with Gasteiger partial charge in [-0.2, -0.15) is 5.10 Å². The average molecular weight is 365 g/mol. The fraction of sp³-hybridized carbons (Fsp3) is 0.444. The second kappa shape index (κ2) is 7.54. The zero-order chi connectivity index (χ0) is 16.5. The molecule has 1 aromatic carbocycles. The fourth-order valence-electron chi connectivity index (χ4n) is 3.67. The number of hydrogen-bond donors (Lipinski definition) is 2. The number of hydrogen-bond acceptors (Lipinski definition) is 3. The molecule has 1 amide bonds. The summed E-state index contributed by atoms with van der Waals surface area (Å²) in [5.74, 6) is -0.463. The van der Waals surface area contributed by atoms with Crippen molar-refractivity contribution in [1.82, 2.24) is 20.4 Å². The summed E-state index contributed by atoms with van der Waals surface area (Å²) in [6.45, 7) is 1.80. The van der Waals surface area contributed by atoms with Crippen LogP contribution in [0.3, 0.4) is 0 Å². The predicted molar refractivity (Wildman–Crippen MR) is 96.2 cm³/mol. The molecule has 0 radical (unpaired) electrons. The average Bonchev–Trinajstić information content (AvgIpc) is 3.19. The Balaban J connectivity index is 0.00000182. The van der Waals surface area contributed by atoms with Gasteiger partial charge in [-0.25, -0.2) is 9.07 Å². The number of aromatic nitrogens is 2. The Morgan fingerprint density at radius 3 is 2.88 bits per heavy atom. The van der Waals surface area contributed by atoms with Gasteiger partial charge in [-0.15, -0.1) is 12.4 Å². The molecule has 4 rings (SSSR count). The lowest BCUT2D eigenvalue weighted by atomic mass is 10.1. The van der Waals surface area contributed by atoms with Gasteiger partial charge in [0.25, 0.3) is 5.91 Å². The Hall–Kier alpha value is -1.92. The SMILES string of the molecule is Cl.O=C(NC1CCCNC1)c1nn(-c2ccccc2F)c2c1CCC2. The van der Waals surface area contributed by atoms with Gasteiger partial charge in [-0.1, -0.05) is 12.1 Å². The first-order valence-corrected chi connectivity index (χ1v) is 8.61. The van der Waals surface area contributed by atoms with Crippen molar-refractivity contribution in [1.29, 1.82) is 0 Å². The van der Waals surface area contributed by atoms with Crippen molar-refractivity contribution in [3.8, 4) is 5.69 Å². The van der Waals surface area contributed by atoms with Crippen molar-refractivity contribution in [2.24, 2.45) is 0 Å². The zero-order valence-electron chi connectivity index (χ0n) is 13.9. The summed E-state index contributed by atoms with van der Waals surface area (Å²) in [6.07, 6.45) is 4.68. The molecule has 0 bridgehead atoms. The number of nitrogens with zero attached hydrogens (tertiary/aromatic N) is 2. The predicted octanol–water partition coefficient (Wildman–Crippen LogP) is 2.40. The molecule has 2 aromatic rings. The van der Waals surface area contributed by atoms with E-state index in [0.717, 1.165) is 56.5 Å². The van der Waals surface area contributed by atoms with E-state index in [-0.39, 0.29) is 30.2 Å². The third-order valence-corrected chi connectivity index (χ3v) is 4.86. The highest BCUT2D eigenvalue weighted by Crippen LogP contribution is 2.28. The monoisotopic (exact) mass is 364 g/mol. The number of carbonyl (C=O) groups excluding carboxylic acids is 1. The van der Waals surface area contributed by atoms with Gasteiger partial charge in [0.05, 0.1) is 0 Å². The maximum absolute atomic E-state index is 14.2. The van der Waals surface area contributed by atoms with Gasteiger partial charge in [-0.3, -0.25) is 4.79 Å². The Morgan fingerprint density at radius 1 is 1.28 bits per heavy atom. The Bertz CT molecular complexity index is 770. The zero-order valence-corrected chi connectivity index (χ0v) is 14.7. The summed E-state index contributed by atoms with van der Waals surface area (Å²) in [5, 5.41) is 10.8. The largest absolute Gasteiger partial charge is 0.347 e. The van der Waals surface area contributed by atoms with Gasteiger partial charge in [0.1, 0.15) is 11.5 Å². The Kier molecular flexibility index (Phi) is 5.39. The maximum atomic E-state index is 14.2. The van der Waals surface area contributed by atoms with Crippen molar-refractivity contribution in [3.05, 3.63) is 47.0 Å². The van der Waals surface area contributed by atoms with Crippen LogP contribution in [0.2, 0.25) is 0 Å². The third-order valence-electron chi connectivity index (χ3n) is 4.86. The van der Waals surface area contributed by atoms with Crippen LogP contribution in [0.5, 0.6) is 0 Å². The first-order valence-electron chi connectivity index (χ1n) is 8.61. The number of benzene rings is 1. The standard InChI is InChI=1S/C18H21FN4O.ClH/c19-14-7-1-2-8-16(14)23-15-9-3-6-13(15)17(22-23)18(24)21-12-5-4-10-20-11-12;/h1-2,7-8,12,20H,3-6,9-11H2,(H,21,24);1H. The smallest absolute Gasteiger partial charge is 0.272 e. The Labute approximate surface area is 152 Å². The number of rotatable bonds is 3. The number of nitrogens with one attached hydrogen (secondary N) is 2. The lowest BCUT2D eigenvalue weighted by Crippen LogP contribution is -2.45. The molecule has 5 nitrogen and oxygen atoms in total. The summed E-state index contributed by atoms with van der Waals surface area (Å²) in [7, 11) is 0. The van der Waals surface area contributed by atoms with E-state index >= 15 is 0 Å². The van der Waals surface area contributed by atoms with Crippen LogP contribution >= 0.6 is 12.4 Å². The van der Waals surface area contributed by atoms with Crippen molar-refractivity contribution in [2.75, 3.05) is 13.1 Å². The van der Waals surface area contributed by atoms with Crippen molar-refractivity contribution >= 4 is 18.3 Å². The summed E-state index contributed by atoms with van der Waals surface area (Å²) in [5.41, 5.74) is 2.80. The minimum absolute atomic E-state index is 0. The molecule has 7 heteroatoms. The lowest BCUT2D eigenvalue weighted by Gasteiger charge is -2.23. The minimum Gasteiger partial charge on any atom is -0.347 e. The molecule has 1 saturated heterocycles. The Morgan fingerprint density at radius 2 is 2.12 bits per heavy atom. The van der Waals surface area contributed by atoms with E-state index in [9.17, 15) is 9.18 Å². The number of para-hydroxylation sites is 1. The maximum Gasteiger partial charge on any atom is 0.272 e. The van der Waals surface area contributed by atoms with E-state index in [1.54, 1.807) is 22.9 Å². The summed E-state index contributed by atoms with van der Waals surface area (Å²) < 4.78 is 15.8. The molecule has 2 aliphatic rings. The number of halogens is 2. The third kappa shape index (κ3) is 3.41. The van der Waals surface area contributed by atoms with Gasteiger partial charge >= 0.3 is 0 Å². The molecule has 0 saturated carbocycles. The second-order valence-corrected chi connectivity index (χ2v) is 6.51. The highest BCUT2D eigenvalue weighted by atomic mass is 35.5. The highest BCUT2D eigenvalue weighted by molar-refractivity contribution is 5.94. The van der Waals surface area contributed by atoms with Crippen molar-refractivity contribution in [3.63, 3.8) is 0 Å². The molecule has 2 N–H and O–H groups in total. The van der Waals surface area contributed by atoms with Crippen molar-refractivity contribution < 1.29 is 9.18 Å². The topological polar surface area (TPSA) is 59.0 Å². The molecule has 134 valence electrons. The molecular weight excluding hydrogens is 343 g/mol. The van der Waals surface area contributed by atoms with Crippen molar-refractivity contribution in [2.45, 2.75) is 38.1 Å². The van der Waals surface area contributed by atoms with Gasteiger partial charge in [0.2, 0.25) is 0 Å². The molecule has 1 aliphatic carbocycles. The quantitative estimate of drug-likeness (QED) is 0.879. The first kappa shape index (κ1) is 17.9. The van der Waals surface area contributed by atoms with Crippen LogP contribution in [0.4, 0.5) is 4.39 Å². The number of amides is 1. The summed E-state index contributed by atoms with van der Waals surface area (Å²) in [6, 6.07) is 6.71. The van der Waals surface area contributed by atoms with Crippen LogP contribution in [0.1, 0.15) is 41.0 Å². The van der Waals surface area contributed by atoms with E-state index in [1.165, 1.54) is 6.07 Å². The molecule has 1 aliphatic heterocycles. The molecule has 1 fully saturated rings. The first-order chi connectivity index (χ1) is 11.7. The van der Waals surface area contributed by atoms with E-state index in [2.05, 4.69) is 15.7 Å². The molecule has 2 heterocycles. The van der Waals surface area contributed by atoms with Crippen LogP contribution in [0.15, 0.2) is 24.3 Å². The van der Waals surface area contributed by atoms with E-state index in [1.807, 2.05) is 0 Å². The van der Waals surface area contributed by atoms with Crippen LogP contribution in [-0.4, -0.2) is 34.8 Å². The summed E-state index contributed by atoms with van der Waals surface area (Å²) in [4.78, 5) is 12.7. The van der Waals surface area contributed by atoms with E-state index in [0.29, 0.717) is 11.4 Å². The van der Waals surface area contributed by atoms with Crippen LogP contribution in [0, 0.1) is 5.82 Å². The number of piperidine rings is 1. The normalized spacial score (nSPS) is 19.2. The minimum atomic E-state index is -0.321. The summed E-state index contributed by atoms with van der Waals surface area (Å²) >= 11 is 0. The van der Waals surface area contributed by atoms with Gasteiger partial charge in [0, 0.05) is 23.8 Å². The van der Waals surface area contributed by atoms with Gasteiger partial charge in [0.15, 0.2) is 5.69 Å². The molecule has 1 aromatic heterocycles. The molecule has 0 spiro atoms. The molecular formula is C18H22ClFN4O. The van der Waals surface area contributed by atoms with Crippen LogP contribution in [-0.2, 0) is 12.8 Å². The molecule has 1 atom stereocenters. The fourth-order valence-corrected chi connectivity index (χ4v) is 3.67. The van der Waals surface area contributed by atoms with Crippen LogP contribution < -0.4 is 10.6 Å². The number of fused-ring (bicyclic) bond motifs is 1. The lowest BCUT2D eigenvalue weighted by molar-refractivity contribution is 0.0924. The van der Waals surface area contributed by atoms with E-state index < -0.39 is 0 Å². The van der Waals surface area contributed by atoms with Gasteiger partial charge in [-0.05, 0) is 50.8 Å². The van der Waals surface area contributed by atoms with Gasteiger partial charge < -0.3 is 10.6 Å². The van der Waals surface area contributed by atoms with Crippen LogP contribution in [0.25, 0.3) is 5.69 Å². The van der Waals surface area contributed by atoms with E-state index in [4.69, 9.17) is 0 Å². The molecule has 1 unspecified atom stereocenters. The number of carbonyl (C=O) groups is 1.